The molecule has 0 fully saturated rings. The zero-order chi connectivity index (χ0) is 12.8. The maximum Gasteiger partial charge on any atom is 0.141 e. The van der Waals surface area contributed by atoms with Crippen LogP contribution in [0.1, 0.15) is 24.4 Å². The van der Waals surface area contributed by atoms with Gasteiger partial charge in [-0.1, -0.05) is 17.7 Å². The van der Waals surface area contributed by atoms with Gasteiger partial charge in [0, 0.05) is 6.04 Å². The summed E-state index contributed by atoms with van der Waals surface area (Å²) >= 11 is 5.82. The first-order chi connectivity index (χ1) is 8.06. The van der Waals surface area contributed by atoms with Gasteiger partial charge in [0.05, 0.1) is 5.02 Å². The Hall–Kier alpha value is -0.640. The van der Waals surface area contributed by atoms with Crippen LogP contribution in [-0.4, -0.2) is 32.6 Å². The Morgan fingerprint density at radius 3 is 2.65 bits per heavy atom. The molecule has 0 amide bonds. The molecule has 0 bridgehead atoms. The van der Waals surface area contributed by atoms with Gasteiger partial charge in [0.2, 0.25) is 0 Å². The molecule has 1 aromatic carbocycles. The lowest BCUT2D eigenvalue weighted by atomic mass is 10.0. The maximum absolute atomic E-state index is 13.1. The lowest BCUT2D eigenvalue weighted by Gasteiger charge is -2.25. The normalized spacial score (nSPS) is 13.1. The monoisotopic (exact) mass is 258 g/mol. The Morgan fingerprint density at radius 2 is 2.12 bits per heavy atom. The quantitative estimate of drug-likeness (QED) is 0.789. The van der Waals surface area contributed by atoms with Crippen molar-refractivity contribution in [2.75, 3.05) is 27.7 Å². The predicted molar refractivity (Wildman–Crippen MR) is 71.0 cm³/mol. The van der Waals surface area contributed by atoms with Gasteiger partial charge in [0.15, 0.2) is 0 Å². The van der Waals surface area contributed by atoms with Gasteiger partial charge in [0.25, 0.3) is 0 Å². The van der Waals surface area contributed by atoms with Crippen LogP contribution in [0, 0.1) is 5.82 Å². The van der Waals surface area contributed by atoms with E-state index in [4.69, 9.17) is 11.6 Å². The van der Waals surface area contributed by atoms with E-state index in [1.165, 1.54) is 6.07 Å². The number of nitrogens with one attached hydrogen (secondary N) is 1. The molecule has 1 unspecified atom stereocenters. The molecule has 0 heterocycles. The molecule has 0 aromatic heterocycles. The van der Waals surface area contributed by atoms with E-state index in [0.29, 0.717) is 0 Å². The van der Waals surface area contributed by atoms with Crippen molar-refractivity contribution in [1.29, 1.82) is 0 Å². The van der Waals surface area contributed by atoms with Crippen LogP contribution in [-0.2, 0) is 0 Å². The topological polar surface area (TPSA) is 15.3 Å². The van der Waals surface area contributed by atoms with Crippen LogP contribution in [0.4, 0.5) is 4.39 Å². The summed E-state index contributed by atoms with van der Waals surface area (Å²) < 4.78 is 13.1. The molecular formula is C13H20ClFN2. The molecule has 1 N–H and O–H groups in total. The van der Waals surface area contributed by atoms with Gasteiger partial charge in [-0.3, -0.25) is 0 Å². The van der Waals surface area contributed by atoms with Crippen molar-refractivity contribution in [2.45, 2.75) is 18.9 Å². The van der Waals surface area contributed by atoms with Crippen LogP contribution in [0.3, 0.4) is 0 Å². The van der Waals surface area contributed by atoms with Gasteiger partial charge in [-0.05, 0) is 58.2 Å². The van der Waals surface area contributed by atoms with Crippen molar-refractivity contribution in [3.05, 3.63) is 34.6 Å². The third-order valence-corrected chi connectivity index (χ3v) is 3.15. The molecule has 1 rings (SSSR count). The lowest BCUT2D eigenvalue weighted by molar-refractivity contribution is 0.278. The first-order valence-corrected chi connectivity index (χ1v) is 6.20. The highest BCUT2D eigenvalue weighted by Gasteiger charge is 2.14. The van der Waals surface area contributed by atoms with E-state index < -0.39 is 0 Å². The van der Waals surface area contributed by atoms with Crippen molar-refractivity contribution < 1.29 is 4.39 Å². The number of nitrogens with zero attached hydrogens (tertiary/aromatic N) is 1. The summed E-state index contributed by atoms with van der Waals surface area (Å²) in [5.41, 5.74) is 1.07. The Morgan fingerprint density at radius 1 is 1.41 bits per heavy atom. The molecule has 0 aliphatic rings. The Labute approximate surface area is 108 Å². The fraction of sp³-hybridized carbons (Fsp3) is 0.538. The summed E-state index contributed by atoms with van der Waals surface area (Å²) in [5, 5.41) is 3.33. The summed E-state index contributed by atoms with van der Waals surface area (Å²) in [4.78, 5) is 2.14. The van der Waals surface area contributed by atoms with Crippen LogP contribution in [0.15, 0.2) is 18.2 Å². The molecule has 0 saturated heterocycles. The number of benzene rings is 1. The van der Waals surface area contributed by atoms with Crippen molar-refractivity contribution in [1.82, 2.24) is 10.2 Å². The first-order valence-electron chi connectivity index (χ1n) is 5.82. The second-order valence-electron chi connectivity index (χ2n) is 4.40. The van der Waals surface area contributed by atoms with Gasteiger partial charge < -0.3 is 10.2 Å². The van der Waals surface area contributed by atoms with Gasteiger partial charge in [0.1, 0.15) is 5.82 Å². The lowest BCUT2D eigenvalue weighted by Crippen LogP contribution is -2.21. The first kappa shape index (κ1) is 14.4. The number of rotatable bonds is 6. The number of halogens is 2. The van der Waals surface area contributed by atoms with Gasteiger partial charge >= 0.3 is 0 Å². The zero-order valence-corrected chi connectivity index (χ0v) is 11.4. The standard InChI is InChI=1S/C13H20ClFN2/c1-16-8-4-5-13(17(2)3)10-6-7-12(15)11(14)9-10/h6-7,9,13,16H,4-5,8H2,1-3H3. The maximum atomic E-state index is 13.1. The van der Waals surface area contributed by atoms with Gasteiger partial charge in [-0.2, -0.15) is 0 Å². The highest BCUT2D eigenvalue weighted by molar-refractivity contribution is 6.30. The van der Waals surface area contributed by atoms with Crippen molar-refractivity contribution in [3.63, 3.8) is 0 Å². The molecule has 0 spiro atoms. The zero-order valence-electron chi connectivity index (χ0n) is 10.6. The molecule has 0 aliphatic heterocycles. The highest BCUT2D eigenvalue weighted by Crippen LogP contribution is 2.26. The summed E-state index contributed by atoms with van der Waals surface area (Å²) in [6.07, 6.45) is 2.10. The van der Waals surface area contributed by atoms with E-state index in [1.54, 1.807) is 6.07 Å². The molecular weight excluding hydrogens is 239 g/mol. The molecule has 17 heavy (non-hydrogen) atoms. The van der Waals surface area contributed by atoms with Crippen LogP contribution < -0.4 is 5.32 Å². The summed E-state index contributed by atoms with van der Waals surface area (Å²) in [7, 11) is 6.00. The molecule has 1 aromatic rings. The van der Waals surface area contributed by atoms with Gasteiger partial charge in [-0.15, -0.1) is 0 Å². The van der Waals surface area contributed by atoms with E-state index in [0.717, 1.165) is 24.9 Å². The molecule has 0 aliphatic carbocycles. The van der Waals surface area contributed by atoms with Crippen LogP contribution in [0.2, 0.25) is 5.02 Å². The SMILES string of the molecule is CNCCCC(c1ccc(F)c(Cl)c1)N(C)C. The van der Waals surface area contributed by atoms with Crippen molar-refractivity contribution >= 4 is 11.6 Å². The fourth-order valence-electron chi connectivity index (χ4n) is 1.91. The smallest absolute Gasteiger partial charge is 0.141 e. The third kappa shape index (κ3) is 4.26. The highest BCUT2D eigenvalue weighted by atomic mass is 35.5. The van der Waals surface area contributed by atoms with Crippen molar-refractivity contribution in [2.24, 2.45) is 0 Å². The van der Waals surface area contributed by atoms with E-state index in [9.17, 15) is 4.39 Å². The predicted octanol–water partition coefficient (Wildman–Crippen LogP) is 3.08. The molecule has 96 valence electrons. The second-order valence-corrected chi connectivity index (χ2v) is 4.81. The third-order valence-electron chi connectivity index (χ3n) is 2.86. The minimum atomic E-state index is -0.358. The molecule has 0 radical (unpaired) electrons. The van der Waals surface area contributed by atoms with Gasteiger partial charge in [-0.25, -0.2) is 4.39 Å². The second kappa shape index (κ2) is 6.94. The molecule has 1 atom stereocenters. The van der Waals surface area contributed by atoms with E-state index in [2.05, 4.69) is 10.2 Å². The Balaban J connectivity index is 2.78. The summed E-state index contributed by atoms with van der Waals surface area (Å²) in [5.74, 6) is -0.358. The van der Waals surface area contributed by atoms with E-state index in [1.807, 2.05) is 27.2 Å². The number of hydrogen-bond donors (Lipinski definition) is 1. The van der Waals surface area contributed by atoms with Crippen LogP contribution in [0.5, 0.6) is 0 Å². The fourth-order valence-corrected chi connectivity index (χ4v) is 2.10. The molecule has 0 saturated carbocycles. The largest absolute Gasteiger partial charge is 0.320 e. The Kier molecular flexibility index (Phi) is 5.89. The minimum Gasteiger partial charge on any atom is -0.320 e. The van der Waals surface area contributed by atoms with E-state index >= 15 is 0 Å². The minimum absolute atomic E-state index is 0.197. The average molecular weight is 259 g/mol. The van der Waals surface area contributed by atoms with Crippen LogP contribution in [0.25, 0.3) is 0 Å². The van der Waals surface area contributed by atoms with Crippen LogP contribution >= 0.6 is 11.6 Å². The number of hydrogen-bond acceptors (Lipinski definition) is 2. The summed E-state index contributed by atoms with van der Waals surface area (Å²) in [6, 6.07) is 5.25. The van der Waals surface area contributed by atoms with E-state index in [-0.39, 0.29) is 16.9 Å². The van der Waals surface area contributed by atoms with Crippen molar-refractivity contribution in [3.8, 4) is 0 Å². The molecule has 2 nitrogen and oxygen atoms in total. The average Bonchev–Trinajstić information content (AvgIpc) is 2.28. The molecule has 4 heteroatoms. The Bertz CT molecular complexity index is 355. The summed E-state index contributed by atoms with van der Waals surface area (Å²) in [6.45, 7) is 0.985.